The predicted octanol–water partition coefficient (Wildman–Crippen LogP) is 0.552. The van der Waals surface area contributed by atoms with Crippen LogP contribution in [-0.4, -0.2) is 25.7 Å². The molecule has 0 radical (unpaired) electrons. The maximum atomic E-state index is 10.8. The summed E-state index contributed by atoms with van der Waals surface area (Å²) in [6, 6.07) is 0. The summed E-state index contributed by atoms with van der Waals surface area (Å²) in [5, 5.41) is 2.75. The van der Waals surface area contributed by atoms with Gasteiger partial charge in [-0.1, -0.05) is 19.3 Å². The van der Waals surface area contributed by atoms with Crippen LogP contribution in [0.2, 0.25) is 0 Å². The van der Waals surface area contributed by atoms with E-state index in [9.17, 15) is 4.79 Å². The largest absolute Gasteiger partial charge is 0.465 e. The fourth-order valence-electron chi connectivity index (χ4n) is 0.618. The van der Waals surface area contributed by atoms with E-state index in [1.54, 1.807) is 0 Å². The van der Waals surface area contributed by atoms with Crippen LogP contribution in [0.4, 0.5) is 0 Å². The van der Waals surface area contributed by atoms with Crippen molar-refractivity contribution >= 4 is 5.97 Å². The summed E-state index contributed by atoms with van der Waals surface area (Å²) >= 11 is 0. The first-order valence-electron chi connectivity index (χ1n) is 4.11. The number of carbonyl (C=O) groups excluding carboxylic acids is 1. The van der Waals surface area contributed by atoms with Crippen molar-refractivity contribution in [3.63, 3.8) is 0 Å². The second-order valence-corrected chi connectivity index (χ2v) is 2.38. The first kappa shape index (κ1) is 11.0. The number of hydrogen-bond acceptors (Lipinski definition) is 3. The molecule has 0 fully saturated rings. The Hall–Kier alpha value is -1.01. The molecule has 0 rings (SSSR count). The Kier molecular flexibility index (Phi) is 7.41. The van der Waals surface area contributed by atoms with Crippen LogP contribution in [-0.2, 0) is 9.53 Å². The lowest BCUT2D eigenvalue weighted by molar-refractivity contribution is -0.142. The molecule has 12 heavy (non-hydrogen) atoms. The molecule has 0 aromatic heterocycles. The van der Waals surface area contributed by atoms with Gasteiger partial charge in [-0.25, -0.2) is 0 Å². The molecule has 0 amide bonds. The molecule has 0 saturated carbocycles. The predicted molar refractivity (Wildman–Crippen MR) is 47.6 cm³/mol. The number of ether oxygens (including phenoxy) is 1. The van der Waals surface area contributed by atoms with Gasteiger partial charge in [0.05, 0.1) is 19.7 Å². The van der Waals surface area contributed by atoms with E-state index in [0.717, 1.165) is 12.8 Å². The van der Waals surface area contributed by atoms with Crippen molar-refractivity contribution in [3.8, 4) is 12.3 Å². The zero-order chi connectivity index (χ0) is 9.23. The Morgan fingerprint density at radius 2 is 2.42 bits per heavy atom. The number of unbranched alkanes of at least 4 members (excludes halogenated alkanes) is 1. The number of carbonyl (C=O) groups is 1. The summed E-state index contributed by atoms with van der Waals surface area (Å²) in [5.41, 5.74) is 0. The van der Waals surface area contributed by atoms with Crippen molar-refractivity contribution in [1.29, 1.82) is 0 Å². The molecule has 0 atom stereocenters. The minimum Gasteiger partial charge on any atom is -0.465 e. The van der Waals surface area contributed by atoms with Gasteiger partial charge in [-0.3, -0.25) is 10.1 Å². The van der Waals surface area contributed by atoms with Gasteiger partial charge in [0.1, 0.15) is 0 Å². The molecule has 0 saturated heterocycles. The Morgan fingerprint density at radius 3 is 3.00 bits per heavy atom. The van der Waals surface area contributed by atoms with Crippen molar-refractivity contribution in [2.75, 3.05) is 19.7 Å². The van der Waals surface area contributed by atoms with Gasteiger partial charge in [0.15, 0.2) is 0 Å². The summed E-state index contributed by atoms with van der Waals surface area (Å²) in [6.07, 6.45) is 6.92. The van der Waals surface area contributed by atoms with Crippen LogP contribution in [0.3, 0.4) is 0 Å². The van der Waals surface area contributed by atoms with Gasteiger partial charge in [0, 0.05) is 0 Å². The lowest BCUT2D eigenvalue weighted by Crippen LogP contribution is -2.25. The highest BCUT2D eigenvalue weighted by molar-refractivity contribution is 5.71. The number of esters is 1. The van der Waals surface area contributed by atoms with E-state index in [0.29, 0.717) is 13.2 Å². The van der Waals surface area contributed by atoms with Crippen molar-refractivity contribution in [3.05, 3.63) is 0 Å². The summed E-state index contributed by atoms with van der Waals surface area (Å²) < 4.78 is 4.86. The molecule has 0 bridgehead atoms. The first-order chi connectivity index (χ1) is 5.81. The quantitative estimate of drug-likeness (QED) is 0.358. The van der Waals surface area contributed by atoms with Crippen LogP contribution in [0, 0.1) is 12.3 Å². The van der Waals surface area contributed by atoms with Crippen LogP contribution in [0.1, 0.15) is 19.8 Å². The third kappa shape index (κ3) is 7.10. The minimum atomic E-state index is -0.237. The maximum Gasteiger partial charge on any atom is 0.319 e. The standard InChI is InChI=1S/C9H15NO2/c1-3-5-7-12-9(11)8-10-6-4-2/h2,10H,3,5-8H2,1H3. The molecule has 0 heterocycles. The molecule has 3 heteroatoms. The molecule has 0 aliphatic carbocycles. The van der Waals surface area contributed by atoms with E-state index in [1.165, 1.54) is 0 Å². The van der Waals surface area contributed by atoms with Crippen molar-refractivity contribution in [2.24, 2.45) is 0 Å². The molecular formula is C9H15NO2. The summed E-state index contributed by atoms with van der Waals surface area (Å²) in [6.45, 7) is 3.16. The van der Waals surface area contributed by atoms with Gasteiger partial charge < -0.3 is 4.74 Å². The number of hydrogen-bond donors (Lipinski definition) is 1. The average Bonchev–Trinajstić information content (AvgIpc) is 2.06. The van der Waals surface area contributed by atoms with E-state index >= 15 is 0 Å². The SMILES string of the molecule is C#CCNCC(=O)OCCCC. The van der Waals surface area contributed by atoms with Gasteiger partial charge in [-0.15, -0.1) is 6.42 Å². The molecule has 0 aliphatic rings. The normalized spacial score (nSPS) is 9.00. The maximum absolute atomic E-state index is 10.8. The van der Waals surface area contributed by atoms with E-state index < -0.39 is 0 Å². The van der Waals surface area contributed by atoms with Crippen LogP contribution in [0.25, 0.3) is 0 Å². The lowest BCUT2D eigenvalue weighted by atomic mass is 10.4. The average molecular weight is 169 g/mol. The van der Waals surface area contributed by atoms with Crippen LogP contribution < -0.4 is 5.32 Å². The van der Waals surface area contributed by atoms with Gasteiger partial charge >= 0.3 is 5.97 Å². The molecule has 0 unspecified atom stereocenters. The van der Waals surface area contributed by atoms with Crippen molar-refractivity contribution < 1.29 is 9.53 Å². The van der Waals surface area contributed by atoms with E-state index in [1.807, 2.05) is 6.92 Å². The smallest absolute Gasteiger partial charge is 0.319 e. The highest BCUT2D eigenvalue weighted by Crippen LogP contribution is 1.87. The third-order valence-corrected chi connectivity index (χ3v) is 1.26. The van der Waals surface area contributed by atoms with Crippen LogP contribution in [0.5, 0.6) is 0 Å². The number of nitrogens with one attached hydrogen (secondary N) is 1. The summed E-state index contributed by atoms with van der Waals surface area (Å²) in [4.78, 5) is 10.8. The zero-order valence-electron chi connectivity index (χ0n) is 7.43. The second kappa shape index (κ2) is 8.09. The molecule has 3 nitrogen and oxygen atoms in total. The van der Waals surface area contributed by atoms with E-state index in [-0.39, 0.29) is 12.5 Å². The number of rotatable bonds is 6. The Morgan fingerprint density at radius 1 is 1.67 bits per heavy atom. The van der Waals surface area contributed by atoms with Gasteiger partial charge in [-0.05, 0) is 6.42 Å². The molecule has 0 aromatic rings. The van der Waals surface area contributed by atoms with Gasteiger partial charge in [0.25, 0.3) is 0 Å². The van der Waals surface area contributed by atoms with Gasteiger partial charge in [-0.2, -0.15) is 0 Å². The minimum absolute atomic E-state index is 0.202. The zero-order valence-corrected chi connectivity index (χ0v) is 7.43. The second-order valence-electron chi connectivity index (χ2n) is 2.38. The molecule has 1 N–H and O–H groups in total. The molecule has 68 valence electrons. The first-order valence-corrected chi connectivity index (χ1v) is 4.11. The summed E-state index contributed by atoms with van der Waals surface area (Å²) in [7, 11) is 0. The Balaban J connectivity index is 3.17. The van der Waals surface area contributed by atoms with Crippen LogP contribution >= 0.6 is 0 Å². The topological polar surface area (TPSA) is 38.3 Å². The Bertz CT molecular complexity index is 160. The molecular weight excluding hydrogens is 154 g/mol. The van der Waals surface area contributed by atoms with E-state index in [2.05, 4.69) is 11.2 Å². The van der Waals surface area contributed by atoms with Gasteiger partial charge in [0.2, 0.25) is 0 Å². The van der Waals surface area contributed by atoms with E-state index in [4.69, 9.17) is 11.2 Å². The molecule has 0 spiro atoms. The highest BCUT2D eigenvalue weighted by atomic mass is 16.5. The fourth-order valence-corrected chi connectivity index (χ4v) is 0.618. The molecule has 0 aliphatic heterocycles. The van der Waals surface area contributed by atoms with Crippen molar-refractivity contribution in [2.45, 2.75) is 19.8 Å². The monoisotopic (exact) mass is 169 g/mol. The fraction of sp³-hybridized carbons (Fsp3) is 0.667. The molecule has 0 aromatic carbocycles. The third-order valence-electron chi connectivity index (χ3n) is 1.26. The highest BCUT2D eigenvalue weighted by Gasteiger charge is 1.99. The Labute approximate surface area is 73.5 Å². The summed E-state index contributed by atoms with van der Waals surface area (Å²) in [5.74, 6) is 2.13. The number of terminal acetylenes is 1. The van der Waals surface area contributed by atoms with Crippen molar-refractivity contribution in [1.82, 2.24) is 5.32 Å². The van der Waals surface area contributed by atoms with Crippen LogP contribution in [0.15, 0.2) is 0 Å². The lowest BCUT2D eigenvalue weighted by Gasteiger charge is -2.02.